The minimum absolute atomic E-state index is 0.0792. The van der Waals surface area contributed by atoms with Gasteiger partial charge in [-0.3, -0.25) is 9.59 Å². The van der Waals surface area contributed by atoms with Crippen molar-refractivity contribution in [2.24, 2.45) is 0 Å². The van der Waals surface area contributed by atoms with Crippen molar-refractivity contribution >= 4 is 17.4 Å². The Morgan fingerprint density at radius 3 is 2.39 bits per heavy atom. The Labute approximate surface area is 195 Å². The van der Waals surface area contributed by atoms with Crippen LogP contribution in [0, 0.1) is 0 Å². The summed E-state index contributed by atoms with van der Waals surface area (Å²) in [6.07, 6.45) is 0.864. The van der Waals surface area contributed by atoms with E-state index in [0.29, 0.717) is 48.9 Å². The lowest BCUT2D eigenvalue weighted by Gasteiger charge is -2.27. The van der Waals surface area contributed by atoms with E-state index in [4.69, 9.17) is 9.47 Å². The highest BCUT2D eigenvalue weighted by Crippen LogP contribution is 2.40. The zero-order valence-electron chi connectivity index (χ0n) is 19.7. The van der Waals surface area contributed by atoms with Crippen molar-refractivity contribution in [1.82, 2.24) is 9.80 Å². The van der Waals surface area contributed by atoms with E-state index in [1.165, 1.54) is 4.90 Å². The number of nitrogens with zero attached hydrogens (tertiary/aromatic N) is 2. The van der Waals surface area contributed by atoms with Gasteiger partial charge in [-0.2, -0.15) is 0 Å². The summed E-state index contributed by atoms with van der Waals surface area (Å²) in [5, 5.41) is 11.2. The number of ether oxygens (including phenoxy) is 2. The second kappa shape index (κ2) is 11.0. The molecule has 1 amide bonds. The van der Waals surface area contributed by atoms with E-state index in [1.807, 2.05) is 57.1 Å². The molecule has 1 saturated heterocycles. The van der Waals surface area contributed by atoms with Crippen LogP contribution in [0.4, 0.5) is 0 Å². The van der Waals surface area contributed by atoms with E-state index in [2.05, 4.69) is 0 Å². The highest BCUT2D eigenvalue weighted by molar-refractivity contribution is 6.46. The Morgan fingerprint density at radius 1 is 1.03 bits per heavy atom. The third-order valence-corrected chi connectivity index (χ3v) is 5.41. The van der Waals surface area contributed by atoms with Crippen molar-refractivity contribution in [3.8, 4) is 11.5 Å². The Kier molecular flexibility index (Phi) is 8.11. The number of hydrogen-bond acceptors (Lipinski definition) is 6. The summed E-state index contributed by atoms with van der Waals surface area (Å²) in [5.74, 6) is -0.181. The fourth-order valence-electron chi connectivity index (χ4n) is 3.79. The minimum Gasteiger partial charge on any atom is -0.507 e. The van der Waals surface area contributed by atoms with Crippen LogP contribution in [0.15, 0.2) is 54.1 Å². The number of amides is 1. The first-order valence-electron chi connectivity index (χ1n) is 11.3. The first-order valence-corrected chi connectivity index (χ1v) is 11.3. The van der Waals surface area contributed by atoms with Crippen LogP contribution >= 0.6 is 0 Å². The van der Waals surface area contributed by atoms with Crippen molar-refractivity contribution in [2.45, 2.75) is 26.3 Å². The Hall–Kier alpha value is -3.32. The van der Waals surface area contributed by atoms with E-state index in [0.717, 1.165) is 6.42 Å². The average molecular weight is 453 g/mol. The molecule has 33 heavy (non-hydrogen) atoms. The smallest absolute Gasteiger partial charge is 0.295 e. The quantitative estimate of drug-likeness (QED) is 0.335. The molecule has 1 aliphatic heterocycles. The molecule has 0 bridgehead atoms. The van der Waals surface area contributed by atoms with Crippen LogP contribution in [0.25, 0.3) is 5.76 Å². The molecule has 0 radical (unpaired) electrons. The maximum atomic E-state index is 13.1. The Bertz CT molecular complexity index is 1010. The molecule has 176 valence electrons. The number of Topliss-reactive ketones (excluding diaryl/α,β-unsaturated/α-hetero) is 1. The van der Waals surface area contributed by atoms with E-state index in [-0.39, 0.29) is 11.3 Å². The summed E-state index contributed by atoms with van der Waals surface area (Å²) in [5.41, 5.74) is 1.25. The summed E-state index contributed by atoms with van der Waals surface area (Å²) in [7, 11) is 3.81. The van der Waals surface area contributed by atoms with Crippen molar-refractivity contribution in [3.63, 3.8) is 0 Å². The van der Waals surface area contributed by atoms with Crippen molar-refractivity contribution in [1.29, 1.82) is 0 Å². The second-order valence-corrected chi connectivity index (χ2v) is 8.17. The van der Waals surface area contributed by atoms with Gasteiger partial charge >= 0.3 is 0 Å². The molecule has 1 N–H and O–H groups in total. The molecule has 7 nitrogen and oxygen atoms in total. The fourth-order valence-corrected chi connectivity index (χ4v) is 3.79. The lowest BCUT2D eigenvalue weighted by molar-refractivity contribution is -0.140. The van der Waals surface area contributed by atoms with Gasteiger partial charge in [-0.1, -0.05) is 19.1 Å². The molecule has 1 aliphatic rings. The van der Waals surface area contributed by atoms with E-state index < -0.39 is 17.7 Å². The predicted molar refractivity (Wildman–Crippen MR) is 127 cm³/mol. The number of benzene rings is 2. The van der Waals surface area contributed by atoms with Crippen LogP contribution in [0.3, 0.4) is 0 Å². The third-order valence-electron chi connectivity index (χ3n) is 5.41. The molecule has 1 heterocycles. The topological polar surface area (TPSA) is 79.3 Å². The van der Waals surface area contributed by atoms with Crippen molar-refractivity contribution < 1.29 is 24.2 Å². The SMILES string of the molecule is CCCOc1cccc([C@@H]2C(=C(O)c3ccc(OCC)cc3)C(=O)C(=O)N2CCN(C)C)c1. The average Bonchev–Trinajstić information content (AvgIpc) is 3.06. The van der Waals surface area contributed by atoms with Crippen molar-refractivity contribution in [3.05, 3.63) is 65.2 Å². The molecular formula is C26H32N2O5. The Balaban J connectivity index is 2.08. The van der Waals surface area contributed by atoms with Crippen LogP contribution in [0.1, 0.15) is 37.4 Å². The standard InChI is InChI=1S/C26H32N2O5/c1-5-16-33-21-9-7-8-19(17-21)23-22(25(30)26(31)28(23)15-14-27(3)4)24(29)18-10-12-20(13-11-18)32-6-2/h7-13,17,23,29H,5-6,14-16H2,1-4H3/t23-/m1/s1. The number of likely N-dealkylation sites (N-methyl/N-ethyl adjacent to an activating group) is 1. The summed E-state index contributed by atoms with van der Waals surface area (Å²) in [4.78, 5) is 29.6. The van der Waals surface area contributed by atoms with Crippen LogP contribution in [-0.2, 0) is 9.59 Å². The number of aliphatic hydroxyl groups is 1. The summed E-state index contributed by atoms with van der Waals surface area (Å²) in [6.45, 7) is 5.94. The maximum Gasteiger partial charge on any atom is 0.295 e. The van der Waals surface area contributed by atoms with Crippen molar-refractivity contribution in [2.75, 3.05) is 40.4 Å². The number of aliphatic hydroxyl groups excluding tert-OH is 1. The van der Waals surface area contributed by atoms with Gasteiger partial charge in [-0.05, 0) is 69.4 Å². The number of rotatable bonds is 10. The number of likely N-dealkylation sites (tertiary alicyclic amines) is 1. The van der Waals surface area contributed by atoms with Crippen LogP contribution in [-0.4, -0.2) is 67.0 Å². The van der Waals surface area contributed by atoms with Gasteiger partial charge in [-0.15, -0.1) is 0 Å². The molecule has 1 fully saturated rings. The highest BCUT2D eigenvalue weighted by atomic mass is 16.5. The largest absolute Gasteiger partial charge is 0.507 e. The predicted octanol–water partition coefficient (Wildman–Crippen LogP) is 3.86. The summed E-state index contributed by atoms with van der Waals surface area (Å²) >= 11 is 0. The fraction of sp³-hybridized carbons (Fsp3) is 0.385. The molecule has 2 aromatic carbocycles. The monoisotopic (exact) mass is 452 g/mol. The number of hydrogen-bond donors (Lipinski definition) is 1. The molecule has 0 spiro atoms. The van der Waals surface area contributed by atoms with Crippen LogP contribution in [0.2, 0.25) is 0 Å². The van der Waals surface area contributed by atoms with Gasteiger partial charge in [0.15, 0.2) is 0 Å². The molecule has 1 atom stereocenters. The molecular weight excluding hydrogens is 420 g/mol. The highest BCUT2D eigenvalue weighted by Gasteiger charge is 2.46. The molecule has 0 aliphatic carbocycles. The molecule has 0 saturated carbocycles. The van der Waals surface area contributed by atoms with Crippen LogP contribution < -0.4 is 9.47 Å². The van der Waals surface area contributed by atoms with Gasteiger partial charge in [0, 0.05) is 18.7 Å². The Morgan fingerprint density at radius 2 is 1.76 bits per heavy atom. The van der Waals surface area contributed by atoms with Gasteiger partial charge in [0.1, 0.15) is 17.3 Å². The third kappa shape index (κ3) is 5.54. The zero-order valence-corrected chi connectivity index (χ0v) is 19.7. The summed E-state index contributed by atoms with van der Waals surface area (Å²) < 4.78 is 11.2. The van der Waals surface area contributed by atoms with Gasteiger partial charge in [0.05, 0.1) is 24.8 Å². The second-order valence-electron chi connectivity index (χ2n) is 8.17. The lowest BCUT2D eigenvalue weighted by atomic mass is 9.95. The van der Waals surface area contributed by atoms with E-state index in [1.54, 1.807) is 24.3 Å². The lowest BCUT2D eigenvalue weighted by Crippen LogP contribution is -2.35. The number of carbonyl (C=O) groups is 2. The van der Waals surface area contributed by atoms with Crippen LogP contribution in [0.5, 0.6) is 11.5 Å². The number of ketones is 1. The molecule has 0 unspecified atom stereocenters. The first-order chi connectivity index (χ1) is 15.9. The van der Waals surface area contributed by atoms with E-state index in [9.17, 15) is 14.7 Å². The van der Waals surface area contributed by atoms with Gasteiger partial charge in [-0.25, -0.2) is 0 Å². The van der Waals surface area contributed by atoms with E-state index >= 15 is 0 Å². The minimum atomic E-state index is -0.707. The molecule has 7 heteroatoms. The van der Waals surface area contributed by atoms with Gasteiger partial charge < -0.3 is 24.4 Å². The van der Waals surface area contributed by atoms with Gasteiger partial charge in [0.2, 0.25) is 0 Å². The summed E-state index contributed by atoms with van der Waals surface area (Å²) in [6, 6.07) is 13.5. The normalized spacial score (nSPS) is 17.6. The molecule has 2 aromatic rings. The molecule has 3 rings (SSSR count). The zero-order chi connectivity index (χ0) is 24.0. The maximum absolute atomic E-state index is 13.1. The first kappa shape index (κ1) is 24.3. The van der Waals surface area contributed by atoms with Gasteiger partial charge in [0.25, 0.3) is 11.7 Å². The molecule has 0 aromatic heterocycles. The number of carbonyl (C=O) groups excluding carboxylic acids is 2.